The molecule has 0 heterocycles. The molecule has 0 atom stereocenters. The van der Waals surface area contributed by atoms with Gasteiger partial charge in [0.05, 0.1) is 26.0 Å². The predicted octanol–water partition coefficient (Wildman–Crippen LogP) is 2.69. The van der Waals surface area contributed by atoms with Gasteiger partial charge in [-0.15, -0.1) is 0 Å². The van der Waals surface area contributed by atoms with Crippen LogP contribution in [0.15, 0.2) is 17.3 Å². The third-order valence-electron chi connectivity index (χ3n) is 2.41. The van der Waals surface area contributed by atoms with Crippen LogP contribution in [0.2, 0.25) is 0 Å². The van der Waals surface area contributed by atoms with Crippen molar-refractivity contribution in [1.29, 1.82) is 0 Å². The Morgan fingerprint density at radius 3 is 2.28 bits per heavy atom. The van der Waals surface area contributed by atoms with E-state index in [0.29, 0.717) is 41.7 Å². The average molecular weight is 253 g/mol. The molecule has 0 aromatic heterocycles. The minimum Gasteiger partial charge on any atom is -0.493 e. The molecule has 1 rings (SSSR count). The largest absolute Gasteiger partial charge is 0.493 e. The van der Waals surface area contributed by atoms with Crippen molar-refractivity contribution < 1.29 is 19.4 Å². The zero-order valence-electron chi connectivity index (χ0n) is 11.2. The van der Waals surface area contributed by atoms with Gasteiger partial charge < -0.3 is 19.4 Å². The molecule has 1 N–H and O–H groups in total. The molecule has 0 aliphatic rings. The summed E-state index contributed by atoms with van der Waals surface area (Å²) in [4.78, 5) is 0. The molecule has 5 nitrogen and oxygen atoms in total. The molecule has 0 saturated carbocycles. The molecule has 18 heavy (non-hydrogen) atoms. The number of nitrogens with zero attached hydrogens (tertiary/aromatic N) is 1. The number of benzene rings is 1. The smallest absolute Gasteiger partial charge is 0.204 e. The summed E-state index contributed by atoms with van der Waals surface area (Å²) in [6.45, 7) is 6.44. The molecule has 5 heteroatoms. The summed E-state index contributed by atoms with van der Waals surface area (Å²) < 4.78 is 16.4. The van der Waals surface area contributed by atoms with Gasteiger partial charge in [0.1, 0.15) is 0 Å². The van der Waals surface area contributed by atoms with E-state index in [1.165, 1.54) is 0 Å². The van der Waals surface area contributed by atoms with Crippen molar-refractivity contribution in [3.8, 4) is 17.2 Å². The van der Waals surface area contributed by atoms with Crippen LogP contribution in [-0.4, -0.2) is 31.2 Å². The van der Waals surface area contributed by atoms with Crippen molar-refractivity contribution in [1.82, 2.24) is 0 Å². The normalized spacial score (nSPS) is 11.2. The first-order valence-corrected chi connectivity index (χ1v) is 5.85. The molecule has 0 fully saturated rings. The summed E-state index contributed by atoms with van der Waals surface area (Å²) in [5.74, 6) is 1.66. The molecule has 1 aromatic rings. The lowest BCUT2D eigenvalue weighted by Gasteiger charge is -2.17. The Bertz CT molecular complexity index is 429. The van der Waals surface area contributed by atoms with Gasteiger partial charge in [-0.3, -0.25) is 0 Å². The zero-order chi connectivity index (χ0) is 13.5. The van der Waals surface area contributed by atoms with Crippen LogP contribution in [0.5, 0.6) is 17.2 Å². The lowest BCUT2D eigenvalue weighted by atomic mass is 10.1. The van der Waals surface area contributed by atoms with Crippen molar-refractivity contribution >= 4 is 5.71 Å². The second kappa shape index (κ2) is 6.74. The number of hydrogen-bond donors (Lipinski definition) is 1. The van der Waals surface area contributed by atoms with Crippen LogP contribution in [0, 0.1) is 0 Å². The summed E-state index contributed by atoms with van der Waals surface area (Å²) >= 11 is 0. The summed E-state index contributed by atoms with van der Waals surface area (Å²) in [7, 11) is 1.57. The Hall–Kier alpha value is -1.91. The topological polar surface area (TPSA) is 60.3 Å². The molecule has 0 aliphatic carbocycles. The van der Waals surface area contributed by atoms with Crippen molar-refractivity contribution in [2.45, 2.75) is 20.8 Å². The van der Waals surface area contributed by atoms with E-state index < -0.39 is 0 Å². The SMILES string of the molecule is CCOc1c(OC)ccc(C(C)=NO)c1OCC. The first kappa shape index (κ1) is 14.2. The van der Waals surface area contributed by atoms with E-state index in [9.17, 15) is 0 Å². The molecular formula is C13H19NO4. The summed E-state index contributed by atoms with van der Waals surface area (Å²) in [5.41, 5.74) is 1.14. The van der Waals surface area contributed by atoms with Crippen LogP contribution in [0.25, 0.3) is 0 Å². The maximum atomic E-state index is 8.89. The fraction of sp³-hybridized carbons (Fsp3) is 0.462. The predicted molar refractivity (Wildman–Crippen MR) is 69.3 cm³/mol. The molecule has 1 aromatic carbocycles. The van der Waals surface area contributed by atoms with Crippen LogP contribution >= 0.6 is 0 Å². The molecule has 0 spiro atoms. The lowest BCUT2D eigenvalue weighted by molar-refractivity contribution is 0.271. The Kier molecular flexibility index (Phi) is 5.30. The fourth-order valence-corrected chi connectivity index (χ4v) is 1.61. The first-order chi connectivity index (χ1) is 8.69. The second-order valence-corrected chi connectivity index (χ2v) is 3.53. The highest BCUT2D eigenvalue weighted by Gasteiger charge is 2.18. The second-order valence-electron chi connectivity index (χ2n) is 3.53. The van der Waals surface area contributed by atoms with Crippen molar-refractivity contribution in [2.75, 3.05) is 20.3 Å². The van der Waals surface area contributed by atoms with Gasteiger partial charge in [-0.25, -0.2) is 0 Å². The van der Waals surface area contributed by atoms with Gasteiger partial charge in [0, 0.05) is 5.56 Å². The van der Waals surface area contributed by atoms with E-state index in [1.807, 2.05) is 13.8 Å². The molecule has 100 valence electrons. The Balaban J connectivity index is 3.40. The number of oxime groups is 1. The highest BCUT2D eigenvalue weighted by atomic mass is 16.5. The van der Waals surface area contributed by atoms with E-state index in [4.69, 9.17) is 19.4 Å². The minimum atomic E-state index is 0.460. The molecule has 0 amide bonds. The highest BCUT2D eigenvalue weighted by Crippen LogP contribution is 2.40. The van der Waals surface area contributed by atoms with E-state index in [1.54, 1.807) is 26.2 Å². The highest BCUT2D eigenvalue weighted by molar-refractivity contribution is 6.01. The van der Waals surface area contributed by atoms with Gasteiger partial charge in [0.2, 0.25) is 5.75 Å². The van der Waals surface area contributed by atoms with Crippen LogP contribution in [0.1, 0.15) is 26.3 Å². The third-order valence-corrected chi connectivity index (χ3v) is 2.41. The quantitative estimate of drug-likeness (QED) is 0.481. The van der Waals surface area contributed by atoms with Crippen molar-refractivity contribution in [3.05, 3.63) is 17.7 Å². The monoisotopic (exact) mass is 253 g/mol. The van der Waals surface area contributed by atoms with Crippen LogP contribution in [0.4, 0.5) is 0 Å². The van der Waals surface area contributed by atoms with Gasteiger partial charge in [-0.1, -0.05) is 5.16 Å². The molecular weight excluding hydrogens is 234 g/mol. The standard InChI is InChI=1S/C13H19NO4/c1-5-17-12-10(9(3)14-15)7-8-11(16-4)13(12)18-6-2/h7-8,15H,5-6H2,1-4H3. The zero-order valence-corrected chi connectivity index (χ0v) is 11.2. The van der Waals surface area contributed by atoms with E-state index in [-0.39, 0.29) is 0 Å². The van der Waals surface area contributed by atoms with E-state index >= 15 is 0 Å². The van der Waals surface area contributed by atoms with Crippen LogP contribution in [-0.2, 0) is 0 Å². The number of methoxy groups -OCH3 is 1. The van der Waals surface area contributed by atoms with E-state index in [0.717, 1.165) is 0 Å². The Labute approximate surface area is 107 Å². The van der Waals surface area contributed by atoms with Crippen molar-refractivity contribution in [3.63, 3.8) is 0 Å². The summed E-state index contributed by atoms with van der Waals surface area (Å²) in [5, 5.41) is 12.1. The third kappa shape index (κ3) is 2.85. The Morgan fingerprint density at radius 2 is 1.78 bits per heavy atom. The van der Waals surface area contributed by atoms with Gasteiger partial charge >= 0.3 is 0 Å². The number of hydrogen-bond acceptors (Lipinski definition) is 5. The molecule has 0 unspecified atom stereocenters. The number of rotatable bonds is 6. The van der Waals surface area contributed by atoms with Gasteiger partial charge in [-0.05, 0) is 32.9 Å². The first-order valence-electron chi connectivity index (χ1n) is 5.85. The minimum absolute atomic E-state index is 0.460. The average Bonchev–Trinajstić information content (AvgIpc) is 2.40. The molecule has 0 bridgehead atoms. The van der Waals surface area contributed by atoms with Gasteiger partial charge in [0.15, 0.2) is 11.5 Å². The maximum Gasteiger partial charge on any atom is 0.204 e. The van der Waals surface area contributed by atoms with Gasteiger partial charge in [-0.2, -0.15) is 0 Å². The molecule has 0 aliphatic heterocycles. The fourth-order valence-electron chi connectivity index (χ4n) is 1.61. The van der Waals surface area contributed by atoms with Crippen molar-refractivity contribution in [2.24, 2.45) is 5.16 Å². The van der Waals surface area contributed by atoms with Gasteiger partial charge in [0.25, 0.3) is 0 Å². The Morgan fingerprint density at radius 1 is 1.17 bits per heavy atom. The van der Waals surface area contributed by atoms with E-state index in [2.05, 4.69) is 5.16 Å². The van der Waals surface area contributed by atoms with Crippen LogP contribution < -0.4 is 14.2 Å². The molecule has 0 radical (unpaired) electrons. The number of ether oxygens (including phenoxy) is 3. The summed E-state index contributed by atoms with van der Waals surface area (Å²) in [6, 6.07) is 3.54. The summed E-state index contributed by atoms with van der Waals surface area (Å²) in [6.07, 6.45) is 0. The lowest BCUT2D eigenvalue weighted by Crippen LogP contribution is -2.06. The van der Waals surface area contributed by atoms with Crippen LogP contribution in [0.3, 0.4) is 0 Å². The molecule has 0 saturated heterocycles. The maximum absolute atomic E-state index is 8.89.